The molecule has 1 N–H and O–H groups in total. The van der Waals surface area contributed by atoms with E-state index in [2.05, 4.69) is 6.58 Å². The van der Waals surface area contributed by atoms with E-state index >= 15 is 0 Å². The number of allylic oxidation sites excluding steroid dienone is 1. The Morgan fingerprint density at radius 3 is 3.15 bits per heavy atom. The Bertz CT molecular complexity index is 331. The summed E-state index contributed by atoms with van der Waals surface area (Å²) < 4.78 is 5.43. The Labute approximate surface area is 77.5 Å². The molecule has 13 heavy (non-hydrogen) atoms. The van der Waals surface area contributed by atoms with Crippen LogP contribution in [0.15, 0.2) is 30.9 Å². The number of ether oxygens (including phenoxy) is 1. The molecule has 0 radical (unpaired) electrons. The number of phenolic OH excluding ortho intramolecular Hbond substituents is 1. The van der Waals surface area contributed by atoms with Crippen LogP contribution in [0.1, 0.15) is 17.9 Å². The first-order valence-electron chi connectivity index (χ1n) is 4.40. The number of hydrogen-bond donors (Lipinski definition) is 1. The first kappa shape index (κ1) is 8.17. The highest BCUT2D eigenvalue weighted by Crippen LogP contribution is 2.39. The number of rotatable bonds is 1. The second-order valence-corrected chi connectivity index (χ2v) is 3.17. The van der Waals surface area contributed by atoms with Gasteiger partial charge >= 0.3 is 0 Å². The zero-order chi connectivity index (χ0) is 9.26. The first-order valence-corrected chi connectivity index (χ1v) is 4.40. The molecule has 0 spiro atoms. The highest BCUT2D eigenvalue weighted by atomic mass is 16.5. The van der Waals surface area contributed by atoms with Gasteiger partial charge in [-0.15, -0.1) is 6.58 Å². The zero-order valence-corrected chi connectivity index (χ0v) is 7.36. The van der Waals surface area contributed by atoms with Crippen molar-refractivity contribution >= 4 is 0 Å². The van der Waals surface area contributed by atoms with Crippen molar-refractivity contribution in [2.45, 2.75) is 12.3 Å². The third-order valence-electron chi connectivity index (χ3n) is 2.38. The molecule has 1 atom stereocenters. The number of benzene rings is 1. The number of aromatic hydroxyl groups is 1. The van der Waals surface area contributed by atoms with Crippen LogP contribution >= 0.6 is 0 Å². The highest BCUT2D eigenvalue weighted by Gasteiger charge is 2.21. The van der Waals surface area contributed by atoms with E-state index in [0.29, 0.717) is 12.4 Å². The maximum atomic E-state index is 9.63. The fourth-order valence-corrected chi connectivity index (χ4v) is 1.71. The normalized spacial score (nSPS) is 20.2. The highest BCUT2D eigenvalue weighted by molar-refractivity contribution is 5.48. The number of fused-ring (bicyclic) bond motifs is 1. The molecule has 1 aliphatic heterocycles. The summed E-state index contributed by atoms with van der Waals surface area (Å²) in [4.78, 5) is 0. The summed E-state index contributed by atoms with van der Waals surface area (Å²) in [6.45, 7) is 4.46. The van der Waals surface area contributed by atoms with E-state index in [-0.39, 0.29) is 5.92 Å². The minimum Gasteiger partial charge on any atom is -0.508 e. The molecule has 1 aromatic rings. The van der Waals surface area contributed by atoms with Gasteiger partial charge in [-0.1, -0.05) is 12.1 Å². The van der Waals surface area contributed by atoms with E-state index < -0.39 is 0 Å². The summed E-state index contributed by atoms with van der Waals surface area (Å²) in [5.41, 5.74) is 0.878. The predicted octanol–water partition coefficient (Wildman–Crippen LogP) is 2.44. The van der Waals surface area contributed by atoms with Gasteiger partial charge in [-0.05, 0) is 18.6 Å². The van der Waals surface area contributed by atoms with Gasteiger partial charge in [0, 0.05) is 11.5 Å². The molecule has 0 amide bonds. The summed E-state index contributed by atoms with van der Waals surface area (Å²) in [5.74, 6) is 1.32. The van der Waals surface area contributed by atoms with Gasteiger partial charge in [0.25, 0.3) is 0 Å². The van der Waals surface area contributed by atoms with Crippen LogP contribution in [0.25, 0.3) is 0 Å². The van der Waals surface area contributed by atoms with Crippen molar-refractivity contribution in [3.63, 3.8) is 0 Å². The Hall–Kier alpha value is -1.44. The molecule has 0 saturated carbocycles. The molecule has 1 aliphatic rings. The largest absolute Gasteiger partial charge is 0.508 e. The summed E-state index contributed by atoms with van der Waals surface area (Å²) >= 11 is 0. The molecule has 0 saturated heterocycles. The van der Waals surface area contributed by atoms with E-state index in [0.717, 1.165) is 17.7 Å². The molecule has 1 unspecified atom stereocenters. The standard InChI is InChI=1S/C11H12O2/c1-2-8-6-7-13-10-5-3-4-9(12)11(8)10/h2-5,8,12H,1,6-7H2. The van der Waals surface area contributed by atoms with E-state index in [9.17, 15) is 5.11 Å². The topological polar surface area (TPSA) is 29.5 Å². The van der Waals surface area contributed by atoms with Crippen LogP contribution in [0.4, 0.5) is 0 Å². The monoisotopic (exact) mass is 176 g/mol. The second-order valence-electron chi connectivity index (χ2n) is 3.17. The maximum Gasteiger partial charge on any atom is 0.126 e. The number of hydrogen-bond acceptors (Lipinski definition) is 2. The van der Waals surface area contributed by atoms with Crippen LogP contribution in [-0.2, 0) is 0 Å². The van der Waals surface area contributed by atoms with Crippen LogP contribution < -0.4 is 4.74 Å². The third kappa shape index (κ3) is 1.28. The molecule has 0 bridgehead atoms. The van der Waals surface area contributed by atoms with Crippen molar-refractivity contribution in [1.29, 1.82) is 0 Å². The van der Waals surface area contributed by atoms with Gasteiger partial charge < -0.3 is 9.84 Å². The van der Waals surface area contributed by atoms with Crippen molar-refractivity contribution in [2.24, 2.45) is 0 Å². The lowest BCUT2D eigenvalue weighted by atomic mass is 9.92. The average molecular weight is 176 g/mol. The fraction of sp³-hybridized carbons (Fsp3) is 0.273. The maximum absolute atomic E-state index is 9.63. The Morgan fingerprint density at radius 1 is 1.54 bits per heavy atom. The molecular formula is C11H12O2. The number of phenols is 1. The van der Waals surface area contributed by atoms with Gasteiger partial charge in [-0.3, -0.25) is 0 Å². The van der Waals surface area contributed by atoms with Crippen LogP contribution in [-0.4, -0.2) is 11.7 Å². The quantitative estimate of drug-likeness (QED) is 0.666. The van der Waals surface area contributed by atoms with Gasteiger partial charge in [0.2, 0.25) is 0 Å². The lowest BCUT2D eigenvalue weighted by molar-refractivity contribution is 0.274. The fourth-order valence-electron chi connectivity index (χ4n) is 1.71. The predicted molar refractivity (Wildman–Crippen MR) is 51.2 cm³/mol. The Balaban J connectivity index is 2.53. The molecule has 2 heteroatoms. The van der Waals surface area contributed by atoms with Crippen molar-refractivity contribution in [3.8, 4) is 11.5 Å². The van der Waals surface area contributed by atoms with Crippen molar-refractivity contribution < 1.29 is 9.84 Å². The third-order valence-corrected chi connectivity index (χ3v) is 2.38. The van der Waals surface area contributed by atoms with Crippen LogP contribution in [0.2, 0.25) is 0 Å². The Kier molecular flexibility index (Phi) is 1.97. The molecule has 2 nitrogen and oxygen atoms in total. The minimum absolute atomic E-state index is 0.227. The summed E-state index contributed by atoms with van der Waals surface area (Å²) in [7, 11) is 0. The molecule has 1 aromatic carbocycles. The molecule has 68 valence electrons. The lowest BCUT2D eigenvalue weighted by Crippen LogP contribution is -2.12. The summed E-state index contributed by atoms with van der Waals surface area (Å²) in [5, 5.41) is 9.63. The molecule has 0 aromatic heterocycles. The van der Waals surface area contributed by atoms with Crippen molar-refractivity contribution in [2.75, 3.05) is 6.61 Å². The lowest BCUT2D eigenvalue weighted by Gasteiger charge is -2.23. The van der Waals surface area contributed by atoms with Crippen LogP contribution in [0, 0.1) is 0 Å². The van der Waals surface area contributed by atoms with Gasteiger partial charge in [0.1, 0.15) is 11.5 Å². The van der Waals surface area contributed by atoms with Crippen molar-refractivity contribution in [1.82, 2.24) is 0 Å². The van der Waals surface area contributed by atoms with E-state index in [1.165, 1.54) is 0 Å². The zero-order valence-electron chi connectivity index (χ0n) is 7.36. The van der Waals surface area contributed by atoms with Crippen LogP contribution in [0.5, 0.6) is 11.5 Å². The van der Waals surface area contributed by atoms with E-state index in [1.807, 2.05) is 12.1 Å². The summed E-state index contributed by atoms with van der Waals surface area (Å²) in [6, 6.07) is 5.36. The first-order chi connectivity index (χ1) is 6.33. The molecule has 0 fully saturated rings. The van der Waals surface area contributed by atoms with Crippen LogP contribution in [0.3, 0.4) is 0 Å². The smallest absolute Gasteiger partial charge is 0.126 e. The van der Waals surface area contributed by atoms with Crippen molar-refractivity contribution in [3.05, 3.63) is 36.4 Å². The van der Waals surface area contributed by atoms with E-state index in [4.69, 9.17) is 4.74 Å². The van der Waals surface area contributed by atoms with Gasteiger partial charge in [-0.2, -0.15) is 0 Å². The van der Waals surface area contributed by atoms with E-state index in [1.54, 1.807) is 12.1 Å². The SMILES string of the molecule is C=CC1CCOc2cccc(O)c21. The molecule has 2 rings (SSSR count). The average Bonchev–Trinajstić information content (AvgIpc) is 2.17. The van der Waals surface area contributed by atoms with Gasteiger partial charge in [-0.25, -0.2) is 0 Å². The van der Waals surface area contributed by atoms with Gasteiger partial charge in [0.05, 0.1) is 6.61 Å². The Morgan fingerprint density at radius 2 is 2.38 bits per heavy atom. The second kappa shape index (κ2) is 3.13. The molecular weight excluding hydrogens is 164 g/mol. The molecule has 1 heterocycles. The minimum atomic E-state index is 0.227. The molecule has 0 aliphatic carbocycles. The summed E-state index contributed by atoms with van der Waals surface area (Å²) in [6.07, 6.45) is 2.76. The van der Waals surface area contributed by atoms with Gasteiger partial charge in [0.15, 0.2) is 0 Å².